The Bertz CT molecular complexity index is 490. The van der Waals surface area contributed by atoms with E-state index in [9.17, 15) is 4.79 Å². The molecule has 0 spiro atoms. The van der Waals surface area contributed by atoms with Crippen molar-refractivity contribution >= 4 is 6.09 Å². The first kappa shape index (κ1) is 14.5. The first-order valence-electron chi connectivity index (χ1n) is 6.68. The Morgan fingerprint density at radius 1 is 1.35 bits per heavy atom. The van der Waals surface area contributed by atoms with Gasteiger partial charge < -0.3 is 24.3 Å². The van der Waals surface area contributed by atoms with Crippen molar-refractivity contribution in [2.45, 2.75) is 32.7 Å². The highest BCUT2D eigenvalue weighted by molar-refractivity contribution is 5.72. The van der Waals surface area contributed by atoms with Crippen LogP contribution in [0.15, 0.2) is 18.2 Å². The third-order valence-electron chi connectivity index (χ3n) is 2.83. The molecule has 1 heterocycles. The Morgan fingerprint density at radius 2 is 2.15 bits per heavy atom. The van der Waals surface area contributed by atoms with Crippen LogP contribution in [-0.4, -0.2) is 25.7 Å². The molecular formula is C14H19NO5. The first-order valence-corrected chi connectivity index (χ1v) is 6.68. The molecule has 1 aliphatic rings. The minimum Gasteiger partial charge on any atom is -0.426 e. The molecular weight excluding hydrogens is 262 g/mol. The molecule has 0 bridgehead atoms. The molecule has 110 valence electrons. The third kappa shape index (κ3) is 2.80. The fourth-order valence-electron chi connectivity index (χ4n) is 1.81. The second-order valence-electron chi connectivity index (χ2n) is 4.31. The maximum absolute atomic E-state index is 11.3. The Morgan fingerprint density at radius 3 is 2.80 bits per heavy atom. The standard InChI is InChI=1S/C14H19NO5/c1-4-9-17-14(5-2)19-11-8-6-7-10(12(11)20-14)18-13(16)15-3/h6-8H,4-5,9H2,1-3H3,(H,15,16). The van der Waals surface area contributed by atoms with Crippen LogP contribution in [0.4, 0.5) is 4.79 Å². The molecule has 1 N–H and O–H groups in total. The van der Waals surface area contributed by atoms with Crippen molar-refractivity contribution in [1.82, 2.24) is 5.32 Å². The summed E-state index contributed by atoms with van der Waals surface area (Å²) in [6.45, 7) is 4.43. The summed E-state index contributed by atoms with van der Waals surface area (Å²) in [5.41, 5.74) is 0. The van der Waals surface area contributed by atoms with Crippen molar-refractivity contribution in [3.63, 3.8) is 0 Å². The molecule has 1 unspecified atom stereocenters. The second-order valence-corrected chi connectivity index (χ2v) is 4.31. The Labute approximate surface area is 118 Å². The van der Waals surface area contributed by atoms with Crippen LogP contribution >= 0.6 is 0 Å². The summed E-state index contributed by atoms with van der Waals surface area (Å²) in [5, 5.41) is 2.38. The lowest BCUT2D eigenvalue weighted by molar-refractivity contribution is -0.283. The zero-order valence-electron chi connectivity index (χ0n) is 11.9. The van der Waals surface area contributed by atoms with Gasteiger partial charge in [-0.2, -0.15) is 0 Å². The predicted octanol–water partition coefficient (Wildman–Crippen LogP) is 2.67. The molecule has 1 amide bonds. The smallest absolute Gasteiger partial charge is 0.412 e. The lowest BCUT2D eigenvalue weighted by Gasteiger charge is -2.25. The van der Waals surface area contributed by atoms with Crippen LogP contribution in [0.3, 0.4) is 0 Å². The van der Waals surface area contributed by atoms with Gasteiger partial charge >= 0.3 is 12.1 Å². The van der Waals surface area contributed by atoms with Crippen LogP contribution in [0.5, 0.6) is 17.2 Å². The van der Waals surface area contributed by atoms with Crippen LogP contribution in [0.1, 0.15) is 26.7 Å². The topological polar surface area (TPSA) is 66.0 Å². The van der Waals surface area contributed by atoms with Crippen molar-refractivity contribution < 1.29 is 23.7 Å². The molecule has 1 atom stereocenters. The average molecular weight is 281 g/mol. The van der Waals surface area contributed by atoms with E-state index in [2.05, 4.69) is 5.32 Å². The molecule has 0 radical (unpaired) electrons. The number of hydrogen-bond donors (Lipinski definition) is 1. The van der Waals surface area contributed by atoms with Crippen LogP contribution in [-0.2, 0) is 4.74 Å². The maximum atomic E-state index is 11.3. The molecule has 1 aliphatic heterocycles. The van der Waals surface area contributed by atoms with Gasteiger partial charge in [-0.25, -0.2) is 4.79 Å². The van der Waals surface area contributed by atoms with Gasteiger partial charge in [-0.15, -0.1) is 0 Å². The summed E-state index contributed by atoms with van der Waals surface area (Å²) in [7, 11) is 1.49. The minimum absolute atomic E-state index is 0.303. The van der Waals surface area contributed by atoms with E-state index < -0.39 is 12.1 Å². The van der Waals surface area contributed by atoms with Crippen molar-refractivity contribution in [3.8, 4) is 17.2 Å². The van der Waals surface area contributed by atoms with Crippen LogP contribution in [0.2, 0.25) is 0 Å². The monoisotopic (exact) mass is 281 g/mol. The molecule has 0 fully saturated rings. The van der Waals surface area contributed by atoms with E-state index in [1.165, 1.54) is 7.05 Å². The van der Waals surface area contributed by atoms with Gasteiger partial charge in [0.2, 0.25) is 5.75 Å². The molecule has 1 aromatic rings. The molecule has 0 saturated heterocycles. The van der Waals surface area contributed by atoms with Gasteiger partial charge in [-0.05, 0) is 18.6 Å². The summed E-state index contributed by atoms with van der Waals surface area (Å²) < 4.78 is 22.3. The second kappa shape index (κ2) is 6.00. The number of ether oxygens (including phenoxy) is 4. The molecule has 1 aromatic carbocycles. The zero-order valence-corrected chi connectivity index (χ0v) is 11.9. The molecule has 2 rings (SSSR count). The Balaban J connectivity index is 2.22. The number of carbonyl (C=O) groups excluding carboxylic acids is 1. The number of fused-ring (bicyclic) bond motifs is 1. The van der Waals surface area contributed by atoms with Crippen LogP contribution in [0, 0.1) is 0 Å². The number of carbonyl (C=O) groups is 1. The van der Waals surface area contributed by atoms with E-state index in [0.717, 1.165) is 6.42 Å². The SMILES string of the molecule is CCCOC1(CC)Oc2cccc(OC(=O)NC)c2O1. The molecule has 0 aromatic heterocycles. The van der Waals surface area contributed by atoms with Crippen LogP contribution < -0.4 is 19.5 Å². The zero-order chi connectivity index (χ0) is 14.6. The van der Waals surface area contributed by atoms with Gasteiger partial charge in [0.1, 0.15) is 0 Å². The first-order chi connectivity index (χ1) is 9.64. The van der Waals surface area contributed by atoms with Gasteiger partial charge in [-0.3, -0.25) is 0 Å². The van der Waals surface area contributed by atoms with E-state index in [4.69, 9.17) is 18.9 Å². The Kier molecular flexibility index (Phi) is 4.34. The molecule has 0 saturated carbocycles. The molecule has 6 heteroatoms. The van der Waals surface area contributed by atoms with Gasteiger partial charge in [-0.1, -0.05) is 19.9 Å². The minimum atomic E-state index is -1.14. The van der Waals surface area contributed by atoms with Crippen molar-refractivity contribution in [2.75, 3.05) is 13.7 Å². The lowest BCUT2D eigenvalue weighted by Crippen LogP contribution is -2.41. The van der Waals surface area contributed by atoms with Crippen molar-refractivity contribution in [2.24, 2.45) is 0 Å². The highest BCUT2D eigenvalue weighted by Crippen LogP contribution is 2.47. The van der Waals surface area contributed by atoms with Gasteiger partial charge in [0.15, 0.2) is 11.5 Å². The van der Waals surface area contributed by atoms with Gasteiger partial charge in [0, 0.05) is 7.05 Å². The largest absolute Gasteiger partial charge is 0.426 e. The van der Waals surface area contributed by atoms with E-state index in [-0.39, 0.29) is 0 Å². The van der Waals surface area contributed by atoms with E-state index in [1.54, 1.807) is 18.2 Å². The van der Waals surface area contributed by atoms with Gasteiger partial charge in [0.05, 0.1) is 13.0 Å². The Hall–Kier alpha value is -1.95. The maximum Gasteiger partial charge on any atom is 0.412 e. The number of benzene rings is 1. The highest BCUT2D eigenvalue weighted by Gasteiger charge is 2.43. The van der Waals surface area contributed by atoms with E-state index in [1.807, 2.05) is 13.8 Å². The predicted molar refractivity (Wildman–Crippen MR) is 72.0 cm³/mol. The van der Waals surface area contributed by atoms with Crippen molar-refractivity contribution in [3.05, 3.63) is 18.2 Å². The molecule has 20 heavy (non-hydrogen) atoms. The highest BCUT2D eigenvalue weighted by atomic mass is 16.9. The molecule has 0 aliphatic carbocycles. The summed E-state index contributed by atoms with van der Waals surface area (Å²) in [5.74, 6) is 0.0521. The number of nitrogens with one attached hydrogen (secondary N) is 1. The molecule has 6 nitrogen and oxygen atoms in total. The number of hydrogen-bond acceptors (Lipinski definition) is 5. The summed E-state index contributed by atoms with van der Waals surface area (Å²) in [4.78, 5) is 11.3. The lowest BCUT2D eigenvalue weighted by atomic mass is 10.3. The van der Waals surface area contributed by atoms with Gasteiger partial charge in [0.25, 0.3) is 0 Å². The summed E-state index contributed by atoms with van der Waals surface area (Å²) in [6.07, 6.45) is 0.804. The number of amides is 1. The summed E-state index contributed by atoms with van der Waals surface area (Å²) in [6, 6.07) is 5.12. The average Bonchev–Trinajstić information content (AvgIpc) is 2.85. The van der Waals surface area contributed by atoms with Crippen LogP contribution in [0.25, 0.3) is 0 Å². The normalized spacial score (nSPS) is 19.8. The van der Waals surface area contributed by atoms with Crippen molar-refractivity contribution in [1.29, 1.82) is 0 Å². The fraction of sp³-hybridized carbons (Fsp3) is 0.500. The quantitative estimate of drug-likeness (QED) is 0.898. The summed E-state index contributed by atoms with van der Waals surface area (Å²) >= 11 is 0. The third-order valence-corrected chi connectivity index (χ3v) is 2.83. The van der Waals surface area contributed by atoms with E-state index >= 15 is 0 Å². The number of rotatable bonds is 5. The van der Waals surface area contributed by atoms with E-state index in [0.29, 0.717) is 30.3 Å². The number of para-hydroxylation sites is 1. The fourth-order valence-corrected chi connectivity index (χ4v) is 1.81.